The van der Waals surface area contributed by atoms with E-state index in [9.17, 15) is 9.18 Å². The van der Waals surface area contributed by atoms with Crippen LogP contribution in [0.1, 0.15) is 26.8 Å². The highest BCUT2D eigenvalue weighted by Crippen LogP contribution is 2.02. The zero-order valence-electron chi connectivity index (χ0n) is 8.92. The second-order valence-electron chi connectivity index (χ2n) is 3.48. The molecule has 0 unspecified atom stereocenters. The maximum atomic E-state index is 12.6. The highest BCUT2D eigenvalue weighted by atomic mass is 19.1. The molecule has 0 fully saturated rings. The van der Waals surface area contributed by atoms with Crippen molar-refractivity contribution in [3.63, 3.8) is 0 Å². The molecule has 1 aromatic rings. The first-order valence-electron chi connectivity index (χ1n) is 5.23. The summed E-state index contributed by atoms with van der Waals surface area (Å²) in [5.41, 5.74) is 1.04. The summed E-state index contributed by atoms with van der Waals surface area (Å²) in [7, 11) is 0. The van der Waals surface area contributed by atoms with Crippen LogP contribution in [0.5, 0.6) is 0 Å². The smallest absolute Gasteiger partial charge is 0.219 e. The maximum absolute atomic E-state index is 12.6. The van der Waals surface area contributed by atoms with Gasteiger partial charge in [0.1, 0.15) is 5.82 Å². The van der Waals surface area contributed by atoms with Crippen LogP contribution in [0.3, 0.4) is 0 Å². The minimum absolute atomic E-state index is 0. The number of nitrogens with one attached hydrogen (secondary N) is 1. The van der Waals surface area contributed by atoms with E-state index in [-0.39, 0.29) is 13.2 Å². The molecule has 3 heteroatoms. The number of benzene rings is 1. The van der Waals surface area contributed by atoms with Crippen molar-refractivity contribution in [2.75, 3.05) is 6.54 Å². The summed E-state index contributed by atoms with van der Waals surface area (Å²) in [4.78, 5) is 11.1. The van der Waals surface area contributed by atoms with Crippen molar-refractivity contribution in [1.82, 2.24) is 5.32 Å². The third-order valence-corrected chi connectivity index (χ3v) is 2.13. The molecular weight excluding hydrogens is 193 g/mol. The highest BCUT2D eigenvalue weighted by molar-refractivity contribution is 5.75. The zero-order valence-corrected chi connectivity index (χ0v) is 8.92. The van der Waals surface area contributed by atoms with E-state index >= 15 is 0 Å². The summed E-state index contributed by atoms with van der Waals surface area (Å²) in [6, 6.07) is 6.34. The van der Waals surface area contributed by atoms with Crippen LogP contribution >= 0.6 is 0 Å². The largest absolute Gasteiger partial charge is 0.356 e. The number of halogens is 1. The molecule has 2 nitrogen and oxygen atoms in total. The lowest BCUT2D eigenvalue weighted by Gasteiger charge is -2.04. The van der Waals surface area contributed by atoms with Gasteiger partial charge < -0.3 is 5.32 Å². The number of hydrogen-bond donors (Lipinski definition) is 1. The Morgan fingerprint density at radius 3 is 2.67 bits per heavy atom. The van der Waals surface area contributed by atoms with Crippen LogP contribution in [-0.4, -0.2) is 12.5 Å². The average molecular weight is 211 g/mol. The summed E-state index contributed by atoms with van der Waals surface area (Å²) >= 11 is 0. The van der Waals surface area contributed by atoms with Crippen LogP contribution in [-0.2, 0) is 11.2 Å². The molecule has 0 saturated carbocycles. The number of amides is 1. The minimum atomic E-state index is -0.228. The fraction of sp³-hybridized carbons (Fsp3) is 0.417. The van der Waals surface area contributed by atoms with Crippen molar-refractivity contribution in [3.8, 4) is 0 Å². The lowest BCUT2D eigenvalue weighted by atomic mass is 10.1. The molecule has 1 N–H and O–H groups in total. The van der Waals surface area contributed by atoms with Crippen LogP contribution in [0.2, 0.25) is 0 Å². The summed E-state index contributed by atoms with van der Waals surface area (Å²) in [6.07, 6.45) is 2.18. The lowest BCUT2D eigenvalue weighted by molar-refractivity contribution is -0.121. The van der Waals surface area contributed by atoms with E-state index in [0.717, 1.165) is 18.4 Å². The van der Waals surface area contributed by atoms with Gasteiger partial charge in [-0.05, 0) is 30.5 Å². The Labute approximate surface area is 91.0 Å². The molecule has 0 aromatic heterocycles. The Hall–Kier alpha value is -1.38. The predicted molar refractivity (Wildman–Crippen MR) is 60.1 cm³/mol. The molecule has 0 aliphatic rings. The van der Waals surface area contributed by atoms with E-state index in [1.807, 2.05) is 6.92 Å². The van der Waals surface area contributed by atoms with E-state index in [2.05, 4.69) is 5.32 Å². The molecule has 84 valence electrons. The Bertz CT molecular complexity index is 313. The van der Waals surface area contributed by atoms with Crippen LogP contribution in [0.4, 0.5) is 4.39 Å². The monoisotopic (exact) mass is 211 g/mol. The number of carbonyl (C=O) groups excluding carboxylic acids is 1. The summed E-state index contributed by atoms with van der Waals surface area (Å²) in [6.45, 7) is 2.59. The van der Waals surface area contributed by atoms with Crippen LogP contribution in [0.25, 0.3) is 0 Å². The molecule has 0 aliphatic heterocycles. The van der Waals surface area contributed by atoms with Crippen LogP contribution in [0, 0.1) is 5.82 Å². The molecule has 0 heterocycles. The van der Waals surface area contributed by atoms with Gasteiger partial charge in [0.05, 0.1) is 0 Å². The topological polar surface area (TPSA) is 29.1 Å². The second kappa shape index (κ2) is 6.17. The van der Waals surface area contributed by atoms with Crippen LogP contribution in [0.15, 0.2) is 24.3 Å². The van der Waals surface area contributed by atoms with E-state index in [1.54, 1.807) is 12.1 Å². The molecule has 1 rings (SSSR count). The fourth-order valence-electron chi connectivity index (χ4n) is 1.31. The fourth-order valence-corrected chi connectivity index (χ4v) is 1.31. The highest BCUT2D eigenvalue weighted by Gasteiger charge is 1.98. The molecule has 0 atom stereocenters. The molecule has 0 aliphatic carbocycles. The van der Waals surface area contributed by atoms with Crippen molar-refractivity contribution in [1.29, 1.82) is 0 Å². The summed E-state index contributed by atoms with van der Waals surface area (Å²) < 4.78 is 12.6. The number of rotatable bonds is 5. The first kappa shape index (κ1) is 11.7. The first-order valence-corrected chi connectivity index (χ1v) is 5.23. The van der Waals surface area contributed by atoms with Gasteiger partial charge in [-0.1, -0.05) is 19.1 Å². The predicted octanol–water partition coefficient (Wildman–Crippen LogP) is 2.53. The molecular formula is C12H18FNO. The van der Waals surface area contributed by atoms with Gasteiger partial charge in [-0.2, -0.15) is 0 Å². The third-order valence-electron chi connectivity index (χ3n) is 2.13. The van der Waals surface area contributed by atoms with Crippen LogP contribution < -0.4 is 5.32 Å². The average Bonchev–Trinajstić information content (AvgIpc) is 2.21. The Kier molecular flexibility index (Phi) is 4.81. The summed E-state index contributed by atoms with van der Waals surface area (Å²) in [5, 5.41) is 2.81. The van der Waals surface area contributed by atoms with Gasteiger partial charge in [0, 0.05) is 14.4 Å². The summed E-state index contributed by atoms with van der Waals surface area (Å²) in [5.74, 6) is -0.145. The number of hydrogen-bond acceptors (Lipinski definition) is 1. The lowest BCUT2D eigenvalue weighted by Crippen LogP contribution is -2.25. The van der Waals surface area contributed by atoms with Gasteiger partial charge in [-0.3, -0.25) is 4.79 Å². The van der Waals surface area contributed by atoms with Crippen molar-refractivity contribution >= 4 is 5.91 Å². The maximum Gasteiger partial charge on any atom is 0.219 e. The number of carbonyl (C=O) groups is 1. The van der Waals surface area contributed by atoms with E-state index in [4.69, 9.17) is 0 Å². The molecule has 0 bridgehead atoms. The van der Waals surface area contributed by atoms with Gasteiger partial charge in [0.25, 0.3) is 0 Å². The zero-order chi connectivity index (χ0) is 11.1. The van der Waals surface area contributed by atoms with E-state index in [0.29, 0.717) is 13.0 Å². The molecule has 0 spiro atoms. The SMILES string of the molecule is CCCC(=O)NCCc1ccc(F)cc1.[HH]. The quantitative estimate of drug-likeness (QED) is 0.796. The third kappa shape index (κ3) is 4.58. The molecule has 15 heavy (non-hydrogen) atoms. The van der Waals surface area contributed by atoms with E-state index < -0.39 is 0 Å². The second-order valence-corrected chi connectivity index (χ2v) is 3.48. The molecule has 0 saturated heterocycles. The Balaban J connectivity index is 0.00000225. The standard InChI is InChI=1S/C12H16FNO.H2/c1-2-3-12(15)14-9-8-10-4-6-11(13)7-5-10;/h4-7H,2-3,8-9H2,1H3,(H,14,15);1H. The van der Waals surface area contributed by atoms with Gasteiger partial charge in [-0.15, -0.1) is 0 Å². The van der Waals surface area contributed by atoms with Gasteiger partial charge >= 0.3 is 0 Å². The minimum Gasteiger partial charge on any atom is -0.356 e. The van der Waals surface area contributed by atoms with Crippen molar-refractivity contribution in [3.05, 3.63) is 35.6 Å². The van der Waals surface area contributed by atoms with E-state index in [1.165, 1.54) is 12.1 Å². The van der Waals surface area contributed by atoms with Gasteiger partial charge in [0.15, 0.2) is 0 Å². The van der Waals surface area contributed by atoms with Crippen molar-refractivity contribution in [2.45, 2.75) is 26.2 Å². The van der Waals surface area contributed by atoms with Gasteiger partial charge in [-0.25, -0.2) is 4.39 Å². The molecule has 0 radical (unpaired) electrons. The van der Waals surface area contributed by atoms with Crippen molar-refractivity contribution < 1.29 is 10.6 Å². The normalized spacial score (nSPS) is 10.0. The van der Waals surface area contributed by atoms with Crippen molar-refractivity contribution in [2.24, 2.45) is 0 Å². The first-order chi connectivity index (χ1) is 7.22. The molecule has 1 amide bonds. The Morgan fingerprint density at radius 2 is 2.07 bits per heavy atom. The van der Waals surface area contributed by atoms with Gasteiger partial charge in [0.2, 0.25) is 5.91 Å². The molecule has 1 aromatic carbocycles. The Morgan fingerprint density at radius 1 is 1.40 bits per heavy atom.